The number of hydrogen-bond donors (Lipinski definition) is 1. The lowest BCUT2D eigenvalue weighted by Gasteiger charge is -2.05. The van der Waals surface area contributed by atoms with E-state index < -0.39 is 0 Å². The molecule has 0 saturated carbocycles. The van der Waals surface area contributed by atoms with Crippen molar-refractivity contribution in [3.63, 3.8) is 0 Å². The number of halogens is 1. The summed E-state index contributed by atoms with van der Waals surface area (Å²) in [5.41, 5.74) is 2.48. The highest BCUT2D eigenvalue weighted by Crippen LogP contribution is 2.11. The summed E-state index contributed by atoms with van der Waals surface area (Å²) in [7, 11) is 0. The van der Waals surface area contributed by atoms with E-state index in [1.807, 2.05) is 10.9 Å². The van der Waals surface area contributed by atoms with Crippen molar-refractivity contribution in [2.75, 3.05) is 0 Å². The zero-order chi connectivity index (χ0) is 13.0. The maximum atomic E-state index is 4.38. The fourth-order valence-corrected chi connectivity index (χ4v) is 1.95. The minimum Gasteiger partial charge on any atom is -0.310 e. The Bertz CT molecular complexity index is 488. The van der Waals surface area contributed by atoms with E-state index in [-0.39, 0.29) is 0 Å². The first kappa shape index (κ1) is 13.3. The van der Waals surface area contributed by atoms with Crippen molar-refractivity contribution in [2.24, 2.45) is 0 Å². The summed E-state index contributed by atoms with van der Waals surface area (Å²) in [4.78, 5) is 0. The molecule has 0 aliphatic heterocycles. The fraction of sp³-hybridized carbons (Fsp3) is 0.357. The second kappa shape index (κ2) is 6.16. The molecule has 0 unspecified atom stereocenters. The normalized spacial score (nSPS) is 11.1. The maximum absolute atomic E-state index is 4.38. The van der Waals surface area contributed by atoms with Gasteiger partial charge in [-0.3, -0.25) is 4.68 Å². The van der Waals surface area contributed by atoms with Crippen molar-refractivity contribution in [2.45, 2.75) is 33.0 Å². The molecule has 1 aromatic heterocycles. The second-order valence-electron chi connectivity index (χ2n) is 4.71. The Kier molecular flexibility index (Phi) is 4.55. The van der Waals surface area contributed by atoms with Crippen molar-refractivity contribution in [3.8, 4) is 0 Å². The molecule has 0 spiro atoms. The predicted octanol–water partition coefficient (Wildman–Crippen LogP) is 3.19. The van der Waals surface area contributed by atoms with Crippen LogP contribution in [-0.4, -0.2) is 15.8 Å². The summed E-state index contributed by atoms with van der Waals surface area (Å²) in [6.45, 7) is 5.98. The lowest BCUT2D eigenvalue weighted by Crippen LogP contribution is -2.21. The zero-order valence-corrected chi connectivity index (χ0v) is 12.3. The molecule has 18 heavy (non-hydrogen) atoms. The van der Waals surface area contributed by atoms with E-state index in [0.29, 0.717) is 6.04 Å². The van der Waals surface area contributed by atoms with Gasteiger partial charge in [-0.1, -0.05) is 41.9 Å². The van der Waals surface area contributed by atoms with Gasteiger partial charge in [-0.15, -0.1) is 0 Å². The highest BCUT2D eigenvalue weighted by atomic mass is 79.9. The molecule has 0 bridgehead atoms. The molecule has 0 saturated heterocycles. The van der Waals surface area contributed by atoms with Gasteiger partial charge in [0.2, 0.25) is 0 Å². The molecule has 0 aliphatic carbocycles. The molecule has 0 amide bonds. The minimum absolute atomic E-state index is 0.500. The predicted molar refractivity (Wildman–Crippen MR) is 77.4 cm³/mol. The Morgan fingerprint density at radius 2 is 1.94 bits per heavy atom. The number of hydrogen-bond acceptors (Lipinski definition) is 2. The molecule has 3 nitrogen and oxygen atoms in total. The zero-order valence-electron chi connectivity index (χ0n) is 10.7. The molecule has 4 heteroatoms. The van der Waals surface area contributed by atoms with Crippen LogP contribution in [0.5, 0.6) is 0 Å². The van der Waals surface area contributed by atoms with Gasteiger partial charge in [-0.25, -0.2) is 0 Å². The van der Waals surface area contributed by atoms with Crippen LogP contribution in [0, 0.1) is 0 Å². The van der Waals surface area contributed by atoms with Crippen LogP contribution in [0.2, 0.25) is 0 Å². The Balaban J connectivity index is 1.95. The highest BCUT2D eigenvalue weighted by molar-refractivity contribution is 9.10. The lowest BCUT2D eigenvalue weighted by atomic mass is 10.2. The molecule has 1 heterocycles. The fourth-order valence-electron chi connectivity index (χ4n) is 1.68. The van der Waals surface area contributed by atoms with Crippen LogP contribution in [0.4, 0.5) is 0 Å². The number of rotatable bonds is 5. The van der Waals surface area contributed by atoms with Gasteiger partial charge in [0, 0.05) is 28.8 Å². The first-order chi connectivity index (χ1) is 8.63. The van der Waals surface area contributed by atoms with Crippen molar-refractivity contribution < 1.29 is 0 Å². The highest BCUT2D eigenvalue weighted by Gasteiger charge is 2.01. The van der Waals surface area contributed by atoms with Gasteiger partial charge < -0.3 is 5.32 Å². The van der Waals surface area contributed by atoms with Crippen LogP contribution in [0.1, 0.15) is 25.0 Å². The second-order valence-corrected chi connectivity index (χ2v) is 5.62. The summed E-state index contributed by atoms with van der Waals surface area (Å²) >= 11 is 3.44. The van der Waals surface area contributed by atoms with Crippen LogP contribution in [0.25, 0.3) is 0 Å². The van der Waals surface area contributed by atoms with Crippen LogP contribution in [-0.2, 0) is 13.1 Å². The van der Waals surface area contributed by atoms with Crippen molar-refractivity contribution >= 4 is 15.9 Å². The van der Waals surface area contributed by atoms with E-state index in [0.717, 1.165) is 17.6 Å². The quantitative estimate of drug-likeness (QED) is 0.919. The molecular weight excluding hydrogens is 290 g/mol. The van der Waals surface area contributed by atoms with Gasteiger partial charge in [0.25, 0.3) is 0 Å². The Morgan fingerprint density at radius 1 is 1.22 bits per heavy atom. The molecule has 0 atom stereocenters. The maximum Gasteiger partial charge on any atom is 0.0659 e. The smallest absolute Gasteiger partial charge is 0.0659 e. The van der Waals surface area contributed by atoms with E-state index in [1.165, 1.54) is 11.1 Å². The SMILES string of the molecule is CC(C)NCc1cnn(Cc2ccc(Br)cc2)c1. The molecule has 0 fully saturated rings. The standard InChI is InChI=1S/C14H18BrN3/c1-11(2)16-7-13-8-17-18(10-13)9-12-3-5-14(15)6-4-12/h3-6,8,10-11,16H,7,9H2,1-2H3. The Morgan fingerprint density at radius 3 is 2.61 bits per heavy atom. The van der Waals surface area contributed by atoms with Crippen molar-refractivity contribution in [1.29, 1.82) is 0 Å². The number of nitrogens with zero attached hydrogens (tertiary/aromatic N) is 2. The van der Waals surface area contributed by atoms with Crippen LogP contribution < -0.4 is 5.32 Å². The monoisotopic (exact) mass is 307 g/mol. The average Bonchev–Trinajstić information content (AvgIpc) is 2.77. The molecule has 0 radical (unpaired) electrons. The van der Waals surface area contributed by atoms with E-state index >= 15 is 0 Å². The molecule has 0 aliphatic rings. The molecule has 96 valence electrons. The number of benzene rings is 1. The third-order valence-corrected chi connectivity index (χ3v) is 3.19. The molecule has 1 aromatic carbocycles. The third-order valence-electron chi connectivity index (χ3n) is 2.66. The van der Waals surface area contributed by atoms with Crippen LogP contribution in [0.15, 0.2) is 41.1 Å². The molecule has 2 rings (SSSR count). The van der Waals surface area contributed by atoms with Crippen LogP contribution >= 0.6 is 15.9 Å². The largest absolute Gasteiger partial charge is 0.310 e. The first-order valence-corrected chi connectivity index (χ1v) is 6.92. The van der Waals surface area contributed by atoms with Gasteiger partial charge >= 0.3 is 0 Å². The van der Waals surface area contributed by atoms with E-state index in [4.69, 9.17) is 0 Å². The van der Waals surface area contributed by atoms with E-state index in [9.17, 15) is 0 Å². The van der Waals surface area contributed by atoms with Gasteiger partial charge in [0.05, 0.1) is 12.7 Å². The average molecular weight is 308 g/mol. The Hall–Kier alpha value is -1.13. The first-order valence-electron chi connectivity index (χ1n) is 6.12. The van der Waals surface area contributed by atoms with Gasteiger partial charge in [0.15, 0.2) is 0 Å². The van der Waals surface area contributed by atoms with E-state index in [1.54, 1.807) is 0 Å². The third kappa shape index (κ3) is 3.96. The summed E-state index contributed by atoms with van der Waals surface area (Å²) in [5, 5.41) is 7.76. The minimum atomic E-state index is 0.500. The summed E-state index contributed by atoms with van der Waals surface area (Å²) in [6.07, 6.45) is 4.02. The number of nitrogens with one attached hydrogen (secondary N) is 1. The number of aromatic nitrogens is 2. The molecule has 2 aromatic rings. The summed E-state index contributed by atoms with van der Waals surface area (Å²) in [5.74, 6) is 0. The van der Waals surface area contributed by atoms with Crippen molar-refractivity contribution in [1.82, 2.24) is 15.1 Å². The topological polar surface area (TPSA) is 29.9 Å². The van der Waals surface area contributed by atoms with Gasteiger partial charge in [-0.2, -0.15) is 5.10 Å². The van der Waals surface area contributed by atoms with Gasteiger partial charge in [0.1, 0.15) is 0 Å². The summed E-state index contributed by atoms with van der Waals surface area (Å²) in [6, 6.07) is 8.83. The summed E-state index contributed by atoms with van der Waals surface area (Å²) < 4.78 is 3.08. The van der Waals surface area contributed by atoms with Crippen molar-refractivity contribution in [3.05, 3.63) is 52.3 Å². The molecular formula is C14H18BrN3. The Labute approximate surface area is 116 Å². The van der Waals surface area contributed by atoms with E-state index in [2.05, 4.69) is 70.7 Å². The molecule has 1 N–H and O–H groups in total. The lowest BCUT2D eigenvalue weighted by molar-refractivity contribution is 0.588. The van der Waals surface area contributed by atoms with Gasteiger partial charge in [-0.05, 0) is 17.7 Å². The van der Waals surface area contributed by atoms with Crippen LogP contribution in [0.3, 0.4) is 0 Å².